The van der Waals surface area contributed by atoms with Gasteiger partial charge >= 0.3 is 12.0 Å². The van der Waals surface area contributed by atoms with E-state index in [9.17, 15) is 14.4 Å². The van der Waals surface area contributed by atoms with Crippen molar-refractivity contribution in [2.45, 2.75) is 45.7 Å². The molecule has 0 aliphatic carbocycles. The van der Waals surface area contributed by atoms with E-state index in [4.69, 9.17) is 10.8 Å². The number of primary amides is 1. The summed E-state index contributed by atoms with van der Waals surface area (Å²) in [6.45, 7) is 5.80. The molecule has 3 unspecified atom stereocenters. The maximum absolute atomic E-state index is 11.5. The number of hydrogen-bond acceptors (Lipinski definition) is 3. The van der Waals surface area contributed by atoms with Gasteiger partial charge in [0.15, 0.2) is 0 Å². The average Bonchev–Trinajstić information content (AvgIpc) is 2.25. The van der Waals surface area contributed by atoms with Gasteiger partial charge in [-0.2, -0.15) is 0 Å². The Bertz CT molecular complexity index is 319. The van der Waals surface area contributed by atoms with Gasteiger partial charge in [-0.15, -0.1) is 0 Å². The Labute approximate surface area is 106 Å². The predicted octanol–water partition coefficient (Wildman–Crippen LogP) is 0.0488. The summed E-state index contributed by atoms with van der Waals surface area (Å²) in [6, 6.07) is -2.00. The van der Waals surface area contributed by atoms with Crippen LogP contribution < -0.4 is 16.4 Å². The zero-order valence-electron chi connectivity index (χ0n) is 10.9. The molecule has 0 bridgehead atoms. The predicted molar refractivity (Wildman–Crippen MR) is 65.8 cm³/mol. The molecule has 0 saturated heterocycles. The highest BCUT2D eigenvalue weighted by molar-refractivity contribution is 5.87. The minimum Gasteiger partial charge on any atom is -0.480 e. The van der Waals surface area contributed by atoms with Crippen molar-refractivity contribution in [2.24, 2.45) is 11.7 Å². The Balaban J connectivity index is 4.34. The van der Waals surface area contributed by atoms with Crippen molar-refractivity contribution in [3.8, 4) is 0 Å². The average molecular weight is 259 g/mol. The minimum atomic E-state index is -1.30. The van der Waals surface area contributed by atoms with Crippen molar-refractivity contribution in [3.05, 3.63) is 0 Å². The topological polar surface area (TPSA) is 122 Å². The molecule has 3 atom stereocenters. The lowest BCUT2D eigenvalue weighted by molar-refractivity contribution is -0.140. The van der Waals surface area contributed by atoms with Gasteiger partial charge in [0.05, 0.1) is 6.42 Å². The molecule has 7 nitrogen and oxygen atoms in total. The molecule has 0 saturated carbocycles. The van der Waals surface area contributed by atoms with Crippen molar-refractivity contribution in [3.63, 3.8) is 0 Å². The van der Waals surface area contributed by atoms with Gasteiger partial charge in [0, 0.05) is 6.04 Å². The van der Waals surface area contributed by atoms with Crippen molar-refractivity contribution in [1.29, 1.82) is 0 Å². The van der Waals surface area contributed by atoms with E-state index in [2.05, 4.69) is 10.6 Å². The first-order chi connectivity index (χ1) is 8.27. The second-order valence-corrected chi connectivity index (χ2v) is 4.35. The van der Waals surface area contributed by atoms with Crippen LogP contribution in [0.25, 0.3) is 0 Å². The third-order valence-corrected chi connectivity index (χ3v) is 2.86. The number of hydrogen-bond donors (Lipinski definition) is 4. The third kappa shape index (κ3) is 6.07. The fourth-order valence-corrected chi connectivity index (χ4v) is 1.30. The Kier molecular flexibility index (Phi) is 6.77. The van der Waals surface area contributed by atoms with E-state index >= 15 is 0 Å². The highest BCUT2D eigenvalue weighted by Crippen LogP contribution is 2.06. The number of nitrogens with two attached hydrogens (primary N) is 1. The minimum absolute atomic E-state index is 0.0852. The third-order valence-electron chi connectivity index (χ3n) is 2.86. The highest BCUT2D eigenvalue weighted by atomic mass is 16.4. The standard InChI is InChI=1S/C11H21N3O4/c1-4-6(2)7(3)13-11(18)14-8(10(16)17)5-9(12)15/h6-8H,4-5H2,1-3H3,(H2,12,15)(H,16,17)(H2,13,14,18). The lowest BCUT2D eigenvalue weighted by atomic mass is 10.0. The summed E-state index contributed by atoms with van der Waals surface area (Å²) in [7, 11) is 0. The van der Waals surface area contributed by atoms with E-state index in [1.165, 1.54) is 0 Å². The van der Waals surface area contributed by atoms with Crippen LogP contribution in [0.15, 0.2) is 0 Å². The summed E-state index contributed by atoms with van der Waals surface area (Å²) in [6.07, 6.45) is 0.464. The van der Waals surface area contributed by atoms with Gasteiger partial charge in [0.25, 0.3) is 0 Å². The van der Waals surface area contributed by atoms with Gasteiger partial charge in [0.2, 0.25) is 5.91 Å². The summed E-state index contributed by atoms with van der Waals surface area (Å²) in [4.78, 5) is 33.0. The second kappa shape index (κ2) is 7.52. The number of urea groups is 1. The van der Waals surface area contributed by atoms with E-state index in [0.29, 0.717) is 0 Å². The van der Waals surface area contributed by atoms with E-state index in [1.807, 2.05) is 20.8 Å². The van der Waals surface area contributed by atoms with Crippen LogP contribution in [0.3, 0.4) is 0 Å². The molecule has 0 aromatic heterocycles. The summed E-state index contributed by atoms with van der Waals surface area (Å²) >= 11 is 0. The maximum Gasteiger partial charge on any atom is 0.326 e. The van der Waals surface area contributed by atoms with Crippen molar-refractivity contribution in [1.82, 2.24) is 10.6 Å². The molecule has 0 aliphatic rings. The lowest BCUT2D eigenvalue weighted by Crippen LogP contribution is -2.50. The normalized spacial score (nSPS) is 15.3. The zero-order chi connectivity index (χ0) is 14.3. The van der Waals surface area contributed by atoms with Gasteiger partial charge in [-0.05, 0) is 12.8 Å². The number of carboxylic acids is 1. The molecule has 0 spiro atoms. The molecular formula is C11H21N3O4. The first-order valence-corrected chi connectivity index (χ1v) is 5.86. The first-order valence-electron chi connectivity index (χ1n) is 5.86. The molecule has 104 valence electrons. The molecule has 7 heteroatoms. The molecule has 0 aromatic rings. The Morgan fingerprint density at radius 1 is 1.22 bits per heavy atom. The van der Waals surface area contributed by atoms with Crippen molar-refractivity contribution >= 4 is 17.9 Å². The molecule has 0 aliphatic heterocycles. The van der Waals surface area contributed by atoms with Crippen LogP contribution >= 0.6 is 0 Å². The van der Waals surface area contributed by atoms with Gasteiger partial charge in [0.1, 0.15) is 6.04 Å². The first kappa shape index (κ1) is 16.2. The van der Waals surface area contributed by atoms with E-state index in [-0.39, 0.29) is 12.0 Å². The fourth-order valence-electron chi connectivity index (χ4n) is 1.30. The number of carbonyl (C=O) groups excluding carboxylic acids is 2. The van der Waals surface area contributed by atoms with Crippen LogP contribution in [0.4, 0.5) is 4.79 Å². The number of amides is 3. The SMILES string of the molecule is CCC(C)C(C)NC(=O)NC(CC(N)=O)C(=O)O. The summed E-state index contributed by atoms with van der Waals surface area (Å²) in [5.41, 5.74) is 4.90. The Morgan fingerprint density at radius 2 is 1.78 bits per heavy atom. The Hall–Kier alpha value is -1.79. The van der Waals surface area contributed by atoms with Gasteiger partial charge in [-0.25, -0.2) is 9.59 Å². The molecule has 0 fully saturated rings. The van der Waals surface area contributed by atoms with Gasteiger partial charge in [-0.3, -0.25) is 4.79 Å². The number of rotatable bonds is 7. The summed E-state index contributed by atoms with van der Waals surface area (Å²) in [5.74, 6) is -1.80. The lowest BCUT2D eigenvalue weighted by Gasteiger charge is -2.21. The summed E-state index contributed by atoms with van der Waals surface area (Å²) in [5, 5.41) is 13.6. The monoisotopic (exact) mass is 259 g/mol. The van der Waals surface area contributed by atoms with Crippen molar-refractivity contribution < 1.29 is 19.5 Å². The van der Waals surface area contributed by atoms with Crippen LogP contribution in [0.2, 0.25) is 0 Å². The molecule has 0 radical (unpaired) electrons. The van der Waals surface area contributed by atoms with Crippen LogP contribution in [0.1, 0.15) is 33.6 Å². The van der Waals surface area contributed by atoms with Crippen LogP contribution in [0.5, 0.6) is 0 Å². The number of carbonyl (C=O) groups is 3. The fraction of sp³-hybridized carbons (Fsp3) is 0.727. The number of carboxylic acid groups (broad SMARTS) is 1. The molecule has 3 amide bonds. The van der Waals surface area contributed by atoms with Crippen LogP contribution in [0, 0.1) is 5.92 Å². The molecule has 5 N–H and O–H groups in total. The molecule has 0 rings (SSSR count). The van der Waals surface area contributed by atoms with E-state index in [1.54, 1.807) is 0 Å². The smallest absolute Gasteiger partial charge is 0.326 e. The Morgan fingerprint density at radius 3 is 2.17 bits per heavy atom. The quantitative estimate of drug-likeness (QED) is 0.516. The highest BCUT2D eigenvalue weighted by Gasteiger charge is 2.23. The molecule has 0 aromatic carbocycles. The molecule has 18 heavy (non-hydrogen) atoms. The van der Waals surface area contributed by atoms with Crippen molar-refractivity contribution in [2.75, 3.05) is 0 Å². The number of aliphatic carboxylic acids is 1. The maximum atomic E-state index is 11.5. The van der Waals surface area contributed by atoms with Crippen LogP contribution in [-0.4, -0.2) is 35.1 Å². The second-order valence-electron chi connectivity index (χ2n) is 4.35. The van der Waals surface area contributed by atoms with Crippen LogP contribution in [-0.2, 0) is 9.59 Å². The molecular weight excluding hydrogens is 238 g/mol. The number of nitrogens with one attached hydrogen (secondary N) is 2. The molecule has 0 heterocycles. The largest absolute Gasteiger partial charge is 0.480 e. The van der Waals surface area contributed by atoms with Gasteiger partial charge in [-0.1, -0.05) is 20.3 Å². The zero-order valence-corrected chi connectivity index (χ0v) is 10.9. The van der Waals surface area contributed by atoms with E-state index < -0.39 is 30.4 Å². The summed E-state index contributed by atoms with van der Waals surface area (Å²) < 4.78 is 0. The van der Waals surface area contributed by atoms with E-state index in [0.717, 1.165) is 6.42 Å². The van der Waals surface area contributed by atoms with Gasteiger partial charge < -0.3 is 21.5 Å².